The van der Waals surface area contributed by atoms with Crippen LogP contribution in [0.4, 0.5) is 11.4 Å². The van der Waals surface area contributed by atoms with Crippen LogP contribution in [0.25, 0.3) is 0 Å². The van der Waals surface area contributed by atoms with Gasteiger partial charge in [-0.25, -0.2) is 4.79 Å². The minimum Gasteiger partial charge on any atom is -0.452 e. The molecule has 0 heterocycles. The van der Waals surface area contributed by atoms with Gasteiger partial charge in [0.1, 0.15) is 5.69 Å². The van der Waals surface area contributed by atoms with Crippen LogP contribution in [0.3, 0.4) is 0 Å². The second kappa shape index (κ2) is 9.00. The number of esters is 1. The Morgan fingerprint density at radius 3 is 2.63 bits per heavy atom. The number of hydrogen-bond acceptors (Lipinski definition) is 6. The van der Waals surface area contributed by atoms with Crippen molar-refractivity contribution in [3.63, 3.8) is 0 Å². The van der Waals surface area contributed by atoms with Crippen molar-refractivity contribution in [3.05, 3.63) is 68.7 Å². The molecule has 0 radical (unpaired) electrons. The highest BCUT2D eigenvalue weighted by Crippen LogP contribution is 2.25. The summed E-state index contributed by atoms with van der Waals surface area (Å²) in [7, 11) is 1.53. The minimum atomic E-state index is -0.827. The van der Waals surface area contributed by atoms with Crippen LogP contribution in [0, 0.1) is 10.1 Å². The Kier molecular flexibility index (Phi) is 6.73. The van der Waals surface area contributed by atoms with Gasteiger partial charge in [0.2, 0.25) is 0 Å². The Bertz CT molecular complexity index is 872. The normalized spacial score (nSPS) is 11.4. The van der Waals surface area contributed by atoms with Crippen LogP contribution in [0.5, 0.6) is 0 Å². The van der Waals surface area contributed by atoms with Crippen molar-refractivity contribution in [1.82, 2.24) is 5.32 Å². The SMILES string of the molecule is CNc1ccc(C(=O)OCC(=O)N[C@H](C)c2cccc(Cl)c2)cc1[N+](=O)[O-]. The zero-order valence-corrected chi connectivity index (χ0v) is 15.4. The first-order valence-corrected chi connectivity index (χ1v) is 8.37. The van der Waals surface area contributed by atoms with E-state index in [4.69, 9.17) is 16.3 Å². The lowest BCUT2D eigenvalue weighted by Gasteiger charge is -2.14. The predicted octanol–water partition coefficient (Wildman–Crippen LogP) is 3.32. The van der Waals surface area contributed by atoms with E-state index < -0.39 is 23.4 Å². The smallest absolute Gasteiger partial charge is 0.338 e. The summed E-state index contributed by atoms with van der Waals surface area (Å²) in [5.74, 6) is -1.33. The van der Waals surface area contributed by atoms with Gasteiger partial charge >= 0.3 is 5.97 Å². The van der Waals surface area contributed by atoms with Gasteiger partial charge in [-0.05, 0) is 36.8 Å². The van der Waals surface area contributed by atoms with Crippen molar-refractivity contribution in [2.24, 2.45) is 0 Å². The quantitative estimate of drug-likeness (QED) is 0.425. The number of halogens is 1. The molecule has 2 rings (SSSR count). The second-order valence-corrected chi connectivity index (χ2v) is 6.10. The third-order valence-corrected chi connectivity index (χ3v) is 4.00. The third-order valence-electron chi connectivity index (χ3n) is 3.76. The lowest BCUT2D eigenvalue weighted by molar-refractivity contribution is -0.384. The number of nitro benzene ring substituents is 1. The van der Waals surface area contributed by atoms with Crippen molar-refractivity contribution < 1.29 is 19.2 Å². The molecule has 0 aliphatic heterocycles. The second-order valence-electron chi connectivity index (χ2n) is 5.66. The Morgan fingerprint density at radius 2 is 2.00 bits per heavy atom. The molecule has 0 saturated carbocycles. The molecule has 2 N–H and O–H groups in total. The van der Waals surface area contributed by atoms with Crippen LogP contribution in [-0.4, -0.2) is 30.5 Å². The maximum Gasteiger partial charge on any atom is 0.338 e. The number of rotatable bonds is 7. The summed E-state index contributed by atoms with van der Waals surface area (Å²) in [6.07, 6.45) is 0. The average molecular weight is 392 g/mol. The first kappa shape index (κ1) is 20.2. The molecular weight excluding hydrogens is 374 g/mol. The molecule has 0 saturated heterocycles. The van der Waals surface area contributed by atoms with E-state index in [1.54, 1.807) is 25.1 Å². The number of ether oxygens (including phenoxy) is 1. The van der Waals surface area contributed by atoms with E-state index in [1.807, 2.05) is 6.07 Å². The van der Waals surface area contributed by atoms with E-state index in [1.165, 1.54) is 19.2 Å². The number of amides is 1. The fourth-order valence-electron chi connectivity index (χ4n) is 2.38. The first-order chi connectivity index (χ1) is 12.8. The fourth-order valence-corrected chi connectivity index (χ4v) is 2.58. The van der Waals surface area contributed by atoms with Gasteiger partial charge in [0.25, 0.3) is 11.6 Å². The van der Waals surface area contributed by atoms with Crippen LogP contribution in [0.1, 0.15) is 28.9 Å². The Balaban J connectivity index is 1.96. The predicted molar refractivity (Wildman–Crippen MR) is 101 cm³/mol. The molecule has 27 heavy (non-hydrogen) atoms. The van der Waals surface area contributed by atoms with Gasteiger partial charge in [-0.1, -0.05) is 23.7 Å². The minimum absolute atomic E-state index is 0.0172. The highest BCUT2D eigenvalue weighted by atomic mass is 35.5. The van der Waals surface area contributed by atoms with Crippen molar-refractivity contribution >= 4 is 34.9 Å². The topological polar surface area (TPSA) is 111 Å². The summed E-state index contributed by atoms with van der Waals surface area (Å²) in [6.45, 7) is 1.26. The molecule has 0 aromatic heterocycles. The van der Waals surface area contributed by atoms with Crippen molar-refractivity contribution in [3.8, 4) is 0 Å². The molecule has 2 aromatic carbocycles. The van der Waals surface area contributed by atoms with E-state index in [0.29, 0.717) is 5.02 Å². The van der Waals surface area contributed by atoms with Gasteiger partial charge in [0.05, 0.1) is 16.5 Å². The Hall–Kier alpha value is -3.13. The molecule has 1 atom stereocenters. The number of nitrogens with one attached hydrogen (secondary N) is 2. The van der Waals surface area contributed by atoms with E-state index in [9.17, 15) is 19.7 Å². The molecule has 142 valence electrons. The summed E-state index contributed by atoms with van der Waals surface area (Å²) in [5.41, 5.74) is 0.799. The van der Waals surface area contributed by atoms with E-state index in [0.717, 1.165) is 11.6 Å². The van der Waals surface area contributed by atoms with E-state index in [2.05, 4.69) is 10.6 Å². The van der Waals surface area contributed by atoms with Crippen LogP contribution in [0.15, 0.2) is 42.5 Å². The van der Waals surface area contributed by atoms with Crippen LogP contribution >= 0.6 is 11.6 Å². The molecule has 9 heteroatoms. The lowest BCUT2D eigenvalue weighted by atomic mass is 10.1. The molecule has 0 unspecified atom stereocenters. The standard InChI is InChI=1S/C18H18ClN3O5/c1-11(12-4-3-5-14(19)8-12)21-17(23)10-27-18(24)13-6-7-15(20-2)16(9-13)22(25)26/h3-9,11,20H,10H2,1-2H3,(H,21,23)/t11-/m1/s1. The first-order valence-electron chi connectivity index (χ1n) is 8.00. The zero-order chi connectivity index (χ0) is 20.0. The van der Waals surface area contributed by atoms with Crippen molar-refractivity contribution in [1.29, 1.82) is 0 Å². The number of nitro groups is 1. The van der Waals surface area contributed by atoms with Gasteiger partial charge in [-0.3, -0.25) is 14.9 Å². The summed E-state index contributed by atoms with van der Waals surface area (Å²) >= 11 is 5.92. The van der Waals surface area contributed by atoms with Crippen molar-refractivity contribution in [2.75, 3.05) is 19.0 Å². The van der Waals surface area contributed by atoms with Crippen molar-refractivity contribution in [2.45, 2.75) is 13.0 Å². The summed E-state index contributed by atoms with van der Waals surface area (Å²) in [5, 5.41) is 16.9. The monoisotopic (exact) mass is 391 g/mol. The molecule has 8 nitrogen and oxygen atoms in total. The van der Waals surface area contributed by atoms with Gasteiger partial charge in [-0.2, -0.15) is 0 Å². The zero-order valence-electron chi connectivity index (χ0n) is 14.7. The molecule has 0 aliphatic carbocycles. The lowest BCUT2D eigenvalue weighted by Crippen LogP contribution is -2.31. The largest absolute Gasteiger partial charge is 0.452 e. The summed E-state index contributed by atoms with van der Waals surface area (Å²) in [4.78, 5) is 34.5. The fraction of sp³-hybridized carbons (Fsp3) is 0.222. The summed E-state index contributed by atoms with van der Waals surface area (Å²) in [6, 6.07) is 10.6. The number of carbonyl (C=O) groups is 2. The van der Waals surface area contributed by atoms with Crippen LogP contribution < -0.4 is 10.6 Å². The van der Waals surface area contributed by atoms with Crippen LogP contribution in [-0.2, 0) is 9.53 Å². The molecule has 0 bridgehead atoms. The molecule has 2 aromatic rings. The Morgan fingerprint density at radius 1 is 1.26 bits per heavy atom. The third kappa shape index (κ3) is 5.42. The van der Waals surface area contributed by atoms with Gasteiger partial charge in [0, 0.05) is 18.1 Å². The number of anilines is 1. The maximum absolute atomic E-state index is 12.1. The number of benzene rings is 2. The van der Waals surface area contributed by atoms with E-state index >= 15 is 0 Å². The molecule has 0 fully saturated rings. The molecule has 1 amide bonds. The van der Waals surface area contributed by atoms with Gasteiger partial charge in [0.15, 0.2) is 6.61 Å². The summed E-state index contributed by atoms with van der Waals surface area (Å²) < 4.78 is 4.94. The number of hydrogen-bond donors (Lipinski definition) is 2. The molecule has 0 spiro atoms. The number of carbonyl (C=O) groups excluding carboxylic acids is 2. The van der Waals surface area contributed by atoms with Gasteiger partial charge in [-0.15, -0.1) is 0 Å². The number of nitrogens with zero attached hydrogens (tertiary/aromatic N) is 1. The van der Waals surface area contributed by atoms with E-state index in [-0.39, 0.29) is 23.0 Å². The molecular formula is C18H18ClN3O5. The van der Waals surface area contributed by atoms with Gasteiger partial charge < -0.3 is 15.4 Å². The highest BCUT2D eigenvalue weighted by Gasteiger charge is 2.19. The molecule has 0 aliphatic rings. The van der Waals surface area contributed by atoms with Crippen LogP contribution in [0.2, 0.25) is 5.02 Å². The maximum atomic E-state index is 12.1. The Labute approximate surface area is 160 Å². The highest BCUT2D eigenvalue weighted by molar-refractivity contribution is 6.30. The average Bonchev–Trinajstić information content (AvgIpc) is 2.65.